The van der Waals surface area contributed by atoms with Crippen molar-refractivity contribution in [3.63, 3.8) is 0 Å². The molecule has 0 radical (unpaired) electrons. The Labute approximate surface area is 101 Å². The fourth-order valence-corrected chi connectivity index (χ4v) is 1.82. The summed E-state index contributed by atoms with van der Waals surface area (Å²) in [5.74, 6) is 0.491. The van der Waals surface area contributed by atoms with E-state index >= 15 is 0 Å². The Kier molecular flexibility index (Phi) is 3.26. The Morgan fingerprint density at radius 2 is 2.38 bits per heavy atom. The number of amides is 1. The first-order valence-electron chi connectivity index (χ1n) is 4.67. The van der Waals surface area contributed by atoms with Crippen LogP contribution in [0.25, 0.3) is 6.08 Å². The second kappa shape index (κ2) is 4.67. The molecule has 1 aromatic rings. The standard InChI is InChI=1S/C11H10BrNO3/c1-15-13-11(14)8-4-7-5-9(12)2-3-10(7)16-6-8/h2-5H,6H2,1H3,(H,13,14). The molecular weight excluding hydrogens is 274 g/mol. The van der Waals surface area contributed by atoms with E-state index in [4.69, 9.17) is 4.74 Å². The fraction of sp³-hybridized carbons (Fsp3) is 0.182. The number of halogens is 1. The lowest BCUT2D eigenvalue weighted by molar-refractivity contribution is -0.127. The predicted molar refractivity (Wildman–Crippen MR) is 62.8 cm³/mol. The van der Waals surface area contributed by atoms with Gasteiger partial charge in [-0.25, -0.2) is 5.48 Å². The lowest BCUT2D eigenvalue weighted by atomic mass is 10.1. The van der Waals surface area contributed by atoms with Gasteiger partial charge >= 0.3 is 0 Å². The van der Waals surface area contributed by atoms with E-state index in [0.717, 1.165) is 15.8 Å². The van der Waals surface area contributed by atoms with Gasteiger partial charge in [0, 0.05) is 10.0 Å². The van der Waals surface area contributed by atoms with Crippen molar-refractivity contribution in [1.82, 2.24) is 5.48 Å². The number of carbonyl (C=O) groups is 1. The molecule has 0 aromatic heterocycles. The Bertz CT molecular complexity index is 457. The smallest absolute Gasteiger partial charge is 0.274 e. The molecule has 0 spiro atoms. The zero-order chi connectivity index (χ0) is 11.5. The molecule has 0 bridgehead atoms. The molecule has 4 nitrogen and oxygen atoms in total. The van der Waals surface area contributed by atoms with Crippen molar-refractivity contribution in [3.05, 3.63) is 33.8 Å². The molecule has 0 fully saturated rings. The van der Waals surface area contributed by atoms with E-state index in [2.05, 4.69) is 26.2 Å². The Hall–Kier alpha value is -1.33. The monoisotopic (exact) mass is 283 g/mol. The maximum absolute atomic E-state index is 11.5. The van der Waals surface area contributed by atoms with E-state index in [-0.39, 0.29) is 12.5 Å². The average Bonchev–Trinajstić information content (AvgIpc) is 2.28. The van der Waals surface area contributed by atoms with Crippen molar-refractivity contribution >= 4 is 27.9 Å². The minimum absolute atomic E-state index is 0.254. The van der Waals surface area contributed by atoms with Gasteiger partial charge in [0.1, 0.15) is 12.4 Å². The first kappa shape index (κ1) is 11.2. The number of nitrogens with one attached hydrogen (secondary N) is 1. The van der Waals surface area contributed by atoms with Crippen LogP contribution in [0.2, 0.25) is 0 Å². The van der Waals surface area contributed by atoms with Crippen molar-refractivity contribution in [2.75, 3.05) is 13.7 Å². The summed E-state index contributed by atoms with van der Waals surface area (Å²) < 4.78 is 6.40. The molecule has 1 aliphatic rings. The maximum Gasteiger partial charge on any atom is 0.274 e. The SMILES string of the molecule is CONC(=O)C1=Cc2cc(Br)ccc2OC1. The van der Waals surface area contributed by atoms with Gasteiger partial charge in [0.25, 0.3) is 5.91 Å². The molecule has 16 heavy (non-hydrogen) atoms. The third-order valence-electron chi connectivity index (χ3n) is 2.17. The number of hydrogen-bond acceptors (Lipinski definition) is 3. The zero-order valence-electron chi connectivity index (χ0n) is 8.62. The largest absolute Gasteiger partial charge is 0.488 e. The highest BCUT2D eigenvalue weighted by atomic mass is 79.9. The zero-order valence-corrected chi connectivity index (χ0v) is 10.2. The summed E-state index contributed by atoms with van der Waals surface area (Å²) in [6.45, 7) is 0.254. The summed E-state index contributed by atoms with van der Waals surface area (Å²) >= 11 is 3.37. The molecule has 0 saturated carbocycles. The van der Waals surface area contributed by atoms with Crippen LogP contribution in [0.5, 0.6) is 5.75 Å². The van der Waals surface area contributed by atoms with Crippen LogP contribution in [0.3, 0.4) is 0 Å². The number of benzene rings is 1. The number of hydroxylamine groups is 1. The van der Waals surface area contributed by atoms with Crippen molar-refractivity contribution in [2.24, 2.45) is 0 Å². The Morgan fingerprint density at radius 3 is 3.12 bits per heavy atom. The average molecular weight is 284 g/mol. The van der Waals surface area contributed by atoms with Gasteiger partial charge in [-0.1, -0.05) is 15.9 Å². The number of ether oxygens (including phenoxy) is 1. The summed E-state index contributed by atoms with van der Waals surface area (Å²) in [4.78, 5) is 16.1. The normalized spacial score (nSPS) is 13.5. The quantitative estimate of drug-likeness (QED) is 0.844. The van der Waals surface area contributed by atoms with Crippen LogP contribution in [-0.2, 0) is 9.63 Å². The van der Waals surface area contributed by atoms with Gasteiger partial charge in [0.2, 0.25) is 0 Å². The van der Waals surface area contributed by atoms with Gasteiger partial charge in [-0.3, -0.25) is 9.63 Å². The molecular formula is C11H10BrNO3. The van der Waals surface area contributed by atoms with Crippen LogP contribution in [0.1, 0.15) is 5.56 Å². The number of carbonyl (C=O) groups excluding carboxylic acids is 1. The van der Waals surface area contributed by atoms with Crippen molar-refractivity contribution in [1.29, 1.82) is 0 Å². The molecule has 84 valence electrons. The number of rotatable bonds is 2. The van der Waals surface area contributed by atoms with E-state index < -0.39 is 0 Å². The lowest BCUT2D eigenvalue weighted by Gasteiger charge is -2.17. The van der Waals surface area contributed by atoms with Gasteiger partial charge in [-0.05, 0) is 24.3 Å². The number of hydrogen-bond donors (Lipinski definition) is 1. The van der Waals surface area contributed by atoms with E-state index in [0.29, 0.717) is 5.57 Å². The Balaban J connectivity index is 2.30. The second-order valence-electron chi connectivity index (χ2n) is 3.28. The van der Waals surface area contributed by atoms with Gasteiger partial charge < -0.3 is 4.74 Å². The number of fused-ring (bicyclic) bond motifs is 1. The maximum atomic E-state index is 11.5. The van der Waals surface area contributed by atoms with Crippen LogP contribution >= 0.6 is 15.9 Å². The third-order valence-corrected chi connectivity index (χ3v) is 2.66. The minimum atomic E-state index is -0.284. The van der Waals surface area contributed by atoms with Gasteiger partial charge in [-0.15, -0.1) is 0 Å². The molecule has 2 rings (SSSR count). The molecule has 0 atom stereocenters. The predicted octanol–water partition coefficient (Wildman–Crippen LogP) is 1.90. The van der Waals surface area contributed by atoms with E-state index in [9.17, 15) is 4.79 Å². The Morgan fingerprint density at radius 1 is 1.56 bits per heavy atom. The van der Waals surface area contributed by atoms with E-state index in [1.165, 1.54) is 7.11 Å². The fourth-order valence-electron chi connectivity index (χ4n) is 1.44. The highest BCUT2D eigenvalue weighted by molar-refractivity contribution is 9.10. The minimum Gasteiger partial charge on any atom is -0.488 e. The molecule has 1 N–H and O–H groups in total. The molecule has 0 unspecified atom stereocenters. The summed E-state index contributed by atoms with van der Waals surface area (Å²) in [5.41, 5.74) is 3.67. The molecule has 1 aromatic carbocycles. The topological polar surface area (TPSA) is 47.6 Å². The van der Waals surface area contributed by atoms with E-state index in [1.807, 2.05) is 18.2 Å². The summed E-state index contributed by atoms with van der Waals surface area (Å²) in [6, 6.07) is 5.66. The lowest BCUT2D eigenvalue weighted by Crippen LogP contribution is -2.27. The summed E-state index contributed by atoms with van der Waals surface area (Å²) in [6.07, 6.45) is 1.79. The molecule has 0 aliphatic carbocycles. The highest BCUT2D eigenvalue weighted by Crippen LogP contribution is 2.29. The molecule has 1 aliphatic heterocycles. The van der Waals surface area contributed by atoms with E-state index in [1.54, 1.807) is 6.08 Å². The van der Waals surface area contributed by atoms with Crippen LogP contribution in [0.4, 0.5) is 0 Å². The first-order chi connectivity index (χ1) is 7.70. The summed E-state index contributed by atoms with van der Waals surface area (Å²) in [5, 5.41) is 0. The van der Waals surface area contributed by atoms with Crippen molar-refractivity contribution in [3.8, 4) is 5.75 Å². The van der Waals surface area contributed by atoms with Crippen molar-refractivity contribution < 1.29 is 14.4 Å². The van der Waals surface area contributed by atoms with Crippen LogP contribution in [0.15, 0.2) is 28.2 Å². The summed E-state index contributed by atoms with van der Waals surface area (Å²) in [7, 11) is 1.40. The molecule has 1 heterocycles. The van der Waals surface area contributed by atoms with Gasteiger partial charge in [0.15, 0.2) is 0 Å². The van der Waals surface area contributed by atoms with Gasteiger partial charge in [0.05, 0.1) is 12.7 Å². The van der Waals surface area contributed by atoms with Crippen LogP contribution in [0, 0.1) is 0 Å². The molecule has 5 heteroatoms. The van der Waals surface area contributed by atoms with Gasteiger partial charge in [-0.2, -0.15) is 0 Å². The third kappa shape index (κ3) is 2.25. The highest BCUT2D eigenvalue weighted by Gasteiger charge is 2.17. The first-order valence-corrected chi connectivity index (χ1v) is 5.46. The van der Waals surface area contributed by atoms with Crippen molar-refractivity contribution in [2.45, 2.75) is 0 Å². The van der Waals surface area contributed by atoms with Crippen LogP contribution in [-0.4, -0.2) is 19.6 Å². The molecule has 1 amide bonds. The van der Waals surface area contributed by atoms with Crippen LogP contribution < -0.4 is 10.2 Å². The molecule has 0 saturated heterocycles. The second-order valence-corrected chi connectivity index (χ2v) is 4.19.